The van der Waals surface area contributed by atoms with Crippen molar-refractivity contribution in [3.05, 3.63) is 83.3 Å². The van der Waals surface area contributed by atoms with Crippen molar-refractivity contribution in [2.24, 2.45) is 0 Å². The fraction of sp³-hybridized carbons (Fsp3) is 0.143. The molecule has 0 radical (unpaired) electrons. The van der Waals surface area contributed by atoms with Gasteiger partial charge in [-0.2, -0.15) is 5.26 Å². The normalized spacial score (nSPS) is 10.1. The van der Waals surface area contributed by atoms with Gasteiger partial charge in [-0.05, 0) is 42.0 Å². The molecule has 3 aromatic rings. The molecule has 1 amide bonds. The second-order valence-electron chi connectivity index (χ2n) is 5.73. The lowest BCUT2D eigenvalue weighted by molar-refractivity contribution is 0.0948. The first kappa shape index (κ1) is 18.1. The summed E-state index contributed by atoms with van der Waals surface area (Å²) >= 11 is 0. The zero-order valence-electron chi connectivity index (χ0n) is 14.8. The van der Waals surface area contributed by atoms with Crippen LogP contribution in [-0.4, -0.2) is 13.0 Å². The molecule has 0 fully saturated rings. The highest BCUT2D eigenvalue weighted by Gasteiger charge is 2.09. The maximum absolute atomic E-state index is 12.3. The first-order chi connectivity index (χ1) is 13.2. The smallest absolute Gasteiger partial charge is 0.251 e. The molecule has 0 spiro atoms. The highest BCUT2D eigenvalue weighted by Crippen LogP contribution is 2.28. The average Bonchev–Trinajstić information content (AvgIpc) is 3.24. The lowest BCUT2D eigenvalue weighted by Crippen LogP contribution is -2.22. The minimum absolute atomic E-state index is 0.191. The van der Waals surface area contributed by atoms with Crippen molar-refractivity contribution in [1.82, 2.24) is 5.32 Å². The number of rotatable bonds is 7. The van der Waals surface area contributed by atoms with Crippen LogP contribution in [0.1, 0.15) is 27.2 Å². The molecule has 136 valence electrons. The maximum Gasteiger partial charge on any atom is 0.251 e. The van der Waals surface area contributed by atoms with Gasteiger partial charge >= 0.3 is 0 Å². The van der Waals surface area contributed by atoms with Gasteiger partial charge in [-0.1, -0.05) is 12.1 Å². The molecule has 0 aliphatic rings. The van der Waals surface area contributed by atoms with Crippen molar-refractivity contribution < 1.29 is 18.7 Å². The van der Waals surface area contributed by atoms with E-state index in [2.05, 4.69) is 11.4 Å². The molecular weight excluding hydrogens is 344 g/mol. The summed E-state index contributed by atoms with van der Waals surface area (Å²) in [4.78, 5) is 12.3. The Morgan fingerprint density at radius 3 is 2.78 bits per heavy atom. The zero-order valence-corrected chi connectivity index (χ0v) is 14.8. The third kappa shape index (κ3) is 4.67. The van der Waals surface area contributed by atoms with E-state index in [1.54, 1.807) is 54.8 Å². The standard InChI is InChI=1S/C21H18N2O4/c1-25-20-11-15(12-22)7-8-19(20)27-14-16-4-2-5-17(10-16)21(24)23-13-18-6-3-9-26-18/h2-11H,13-14H2,1H3,(H,23,24). The van der Waals surface area contributed by atoms with Crippen molar-refractivity contribution >= 4 is 5.91 Å². The number of nitriles is 1. The van der Waals surface area contributed by atoms with Crippen LogP contribution in [0.2, 0.25) is 0 Å². The molecule has 27 heavy (non-hydrogen) atoms. The summed E-state index contributed by atoms with van der Waals surface area (Å²) in [7, 11) is 1.52. The summed E-state index contributed by atoms with van der Waals surface area (Å²) in [5.74, 6) is 1.52. The molecule has 2 aromatic carbocycles. The Balaban J connectivity index is 1.64. The van der Waals surface area contributed by atoms with Gasteiger partial charge in [0.15, 0.2) is 11.5 Å². The number of furan rings is 1. The molecule has 0 atom stereocenters. The van der Waals surface area contributed by atoms with E-state index in [0.29, 0.717) is 34.9 Å². The van der Waals surface area contributed by atoms with Crippen molar-refractivity contribution in [1.29, 1.82) is 5.26 Å². The van der Waals surface area contributed by atoms with Gasteiger partial charge in [0.1, 0.15) is 12.4 Å². The molecular formula is C21H18N2O4. The van der Waals surface area contributed by atoms with E-state index in [0.717, 1.165) is 5.56 Å². The van der Waals surface area contributed by atoms with Gasteiger partial charge in [-0.3, -0.25) is 4.79 Å². The Bertz CT molecular complexity index is 959. The minimum atomic E-state index is -0.191. The summed E-state index contributed by atoms with van der Waals surface area (Å²) in [5.41, 5.74) is 1.87. The molecule has 0 saturated carbocycles. The number of amides is 1. The minimum Gasteiger partial charge on any atom is -0.493 e. The van der Waals surface area contributed by atoms with Crippen LogP contribution >= 0.6 is 0 Å². The molecule has 3 rings (SSSR count). The second-order valence-corrected chi connectivity index (χ2v) is 5.73. The van der Waals surface area contributed by atoms with E-state index in [-0.39, 0.29) is 12.5 Å². The number of carbonyl (C=O) groups is 1. The van der Waals surface area contributed by atoms with Crippen molar-refractivity contribution in [3.63, 3.8) is 0 Å². The van der Waals surface area contributed by atoms with Gasteiger partial charge in [0.25, 0.3) is 5.91 Å². The number of hydrogen-bond donors (Lipinski definition) is 1. The van der Waals surface area contributed by atoms with E-state index in [1.807, 2.05) is 6.07 Å². The van der Waals surface area contributed by atoms with E-state index in [4.69, 9.17) is 19.2 Å². The van der Waals surface area contributed by atoms with Crippen molar-refractivity contribution in [2.75, 3.05) is 7.11 Å². The molecule has 0 bridgehead atoms. The SMILES string of the molecule is COc1cc(C#N)ccc1OCc1cccc(C(=O)NCc2ccco2)c1. The second kappa shape index (κ2) is 8.59. The van der Waals surface area contributed by atoms with Gasteiger partial charge in [-0.15, -0.1) is 0 Å². The molecule has 6 heteroatoms. The monoisotopic (exact) mass is 362 g/mol. The Labute approximate surface area is 156 Å². The molecule has 0 aliphatic carbocycles. The molecule has 6 nitrogen and oxygen atoms in total. The summed E-state index contributed by atoms with van der Waals surface area (Å²) < 4.78 is 16.2. The van der Waals surface area contributed by atoms with Crippen LogP contribution in [-0.2, 0) is 13.2 Å². The largest absolute Gasteiger partial charge is 0.493 e. The molecule has 0 aliphatic heterocycles. The average molecular weight is 362 g/mol. The van der Waals surface area contributed by atoms with Crippen LogP contribution in [0.3, 0.4) is 0 Å². The summed E-state index contributed by atoms with van der Waals surface area (Å²) in [5, 5.41) is 11.8. The Kier molecular flexibility index (Phi) is 5.75. The lowest BCUT2D eigenvalue weighted by atomic mass is 10.1. The molecule has 1 aromatic heterocycles. The van der Waals surface area contributed by atoms with Crippen LogP contribution in [0.25, 0.3) is 0 Å². The third-order valence-electron chi connectivity index (χ3n) is 3.88. The van der Waals surface area contributed by atoms with E-state index in [9.17, 15) is 4.79 Å². The first-order valence-corrected chi connectivity index (χ1v) is 8.30. The molecule has 0 saturated heterocycles. The quantitative estimate of drug-likeness (QED) is 0.693. The number of nitrogens with zero attached hydrogens (tertiary/aromatic N) is 1. The molecule has 1 heterocycles. The number of ether oxygens (including phenoxy) is 2. The third-order valence-corrected chi connectivity index (χ3v) is 3.88. The number of methoxy groups -OCH3 is 1. The summed E-state index contributed by atoms with van der Waals surface area (Å²) in [6.45, 7) is 0.594. The van der Waals surface area contributed by atoms with Gasteiger partial charge in [0.2, 0.25) is 0 Å². The van der Waals surface area contributed by atoms with Gasteiger partial charge in [0.05, 0.1) is 31.6 Å². The van der Waals surface area contributed by atoms with E-state index >= 15 is 0 Å². The molecule has 1 N–H and O–H groups in total. The van der Waals surface area contributed by atoms with Crippen LogP contribution < -0.4 is 14.8 Å². The van der Waals surface area contributed by atoms with Crippen LogP contribution in [0.5, 0.6) is 11.5 Å². The first-order valence-electron chi connectivity index (χ1n) is 8.30. The van der Waals surface area contributed by atoms with Crippen LogP contribution in [0.15, 0.2) is 65.3 Å². The topological polar surface area (TPSA) is 84.5 Å². The maximum atomic E-state index is 12.3. The summed E-state index contributed by atoms with van der Waals surface area (Å²) in [6.07, 6.45) is 1.57. The van der Waals surface area contributed by atoms with Gasteiger partial charge < -0.3 is 19.2 Å². The zero-order chi connectivity index (χ0) is 19.1. The predicted octanol–water partition coefficient (Wildman–Crippen LogP) is 3.67. The van der Waals surface area contributed by atoms with Crippen molar-refractivity contribution in [3.8, 4) is 17.6 Å². The Morgan fingerprint density at radius 2 is 2.04 bits per heavy atom. The van der Waals surface area contributed by atoms with Gasteiger partial charge in [0, 0.05) is 11.6 Å². The highest BCUT2D eigenvalue weighted by molar-refractivity contribution is 5.94. The number of benzene rings is 2. The number of nitrogens with one attached hydrogen (secondary N) is 1. The Hall–Kier alpha value is -3.72. The summed E-state index contributed by atoms with van der Waals surface area (Å²) in [6, 6.07) is 17.8. The molecule has 0 unspecified atom stereocenters. The fourth-order valence-corrected chi connectivity index (χ4v) is 2.50. The predicted molar refractivity (Wildman–Crippen MR) is 98.4 cm³/mol. The highest BCUT2D eigenvalue weighted by atomic mass is 16.5. The van der Waals surface area contributed by atoms with Crippen LogP contribution in [0, 0.1) is 11.3 Å². The number of hydrogen-bond acceptors (Lipinski definition) is 5. The van der Waals surface area contributed by atoms with E-state index in [1.165, 1.54) is 7.11 Å². The lowest BCUT2D eigenvalue weighted by Gasteiger charge is -2.11. The Morgan fingerprint density at radius 1 is 1.15 bits per heavy atom. The number of carbonyl (C=O) groups excluding carboxylic acids is 1. The van der Waals surface area contributed by atoms with Gasteiger partial charge in [-0.25, -0.2) is 0 Å². The van der Waals surface area contributed by atoms with Crippen molar-refractivity contribution in [2.45, 2.75) is 13.2 Å². The van der Waals surface area contributed by atoms with Crippen LogP contribution in [0.4, 0.5) is 0 Å². The van der Waals surface area contributed by atoms with E-state index < -0.39 is 0 Å². The fourth-order valence-electron chi connectivity index (χ4n) is 2.50.